The van der Waals surface area contributed by atoms with Crippen LogP contribution in [0.4, 0.5) is 0 Å². The van der Waals surface area contributed by atoms with E-state index >= 15 is 0 Å². The Bertz CT molecular complexity index is 501. The van der Waals surface area contributed by atoms with Crippen molar-refractivity contribution in [2.75, 3.05) is 13.7 Å². The first-order valence-corrected chi connectivity index (χ1v) is 13.8. The predicted octanol–water partition coefficient (Wildman–Crippen LogP) is 7.07. The molecule has 1 aliphatic carbocycles. The third-order valence-corrected chi connectivity index (χ3v) is 10.9. The maximum Gasteiger partial charge on any atom is 0.0459 e. The average molecular weight is 393 g/mol. The highest BCUT2D eigenvalue weighted by molar-refractivity contribution is 6.58. The molecular formula is C23H37ClOSi. The molecule has 1 nitrogen and oxygen atoms in total. The van der Waals surface area contributed by atoms with Crippen molar-refractivity contribution in [3.63, 3.8) is 0 Å². The van der Waals surface area contributed by atoms with E-state index in [1.165, 1.54) is 56.6 Å². The summed E-state index contributed by atoms with van der Waals surface area (Å²) in [4.78, 5) is 0. The van der Waals surface area contributed by atoms with Crippen LogP contribution in [-0.2, 0) is 4.74 Å². The van der Waals surface area contributed by atoms with Crippen LogP contribution in [0, 0.1) is 11.8 Å². The van der Waals surface area contributed by atoms with Crippen LogP contribution >= 0.6 is 11.6 Å². The van der Waals surface area contributed by atoms with Crippen molar-refractivity contribution in [2.45, 2.75) is 81.8 Å². The lowest BCUT2D eigenvalue weighted by Gasteiger charge is -2.32. The van der Waals surface area contributed by atoms with Crippen molar-refractivity contribution in [2.24, 2.45) is 11.8 Å². The Morgan fingerprint density at radius 2 is 1.54 bits per heavy atom. The molecule has 1 aromatic rings. The first kappa shape index (κ1) is 20.4. The topological polar surface area (TPSA) is 9.23 Å². The Labute approximate surface area is 167 Å². The van der Waals surface area contributed by atoms with E-state index in [1.54, 1.807) is 24.9 Å². The largest absolute Gasteiger partial charge is 0.385 e. The van der Waals surface area contributed by atoms with Crippen LogP contribution in [0.3, 0.4) is 0 Å². The molecule has 0 atom stereocenters. The van der Waals surface area contributed by atoms with Gasteiger partial charge >= 0.3 is 0 Å². The fraction of sp³-hybridized carbons (Fsp3) is 0.739. The first-order valence-electron chi connectivity index (χ1n) is 11.0. The molecule has 3 heteroatoms. The van der Waals surface area contributed by atoms with Gasteiger partial charge in [-0.1, -0.05) is 67.5 Å². The zero-order chi connectivity index (χ0) is 18.2. The smallest absolute Gasteiger partial charge is 0.0459 e. The number of ether oxygens (including phenoxy) is 1. The highest BCUT2D eigenvalue weighted by Crippen LogP contribution is 2.39. The molecule has 3 rings (SSSR count). The molecule has 0 unspecified atom stereocenters. The molecule has 26 heavy (non-hydrogen) atoms. The van der Waals surface area contributed by atoms with Crippen molar-refractivity contribution in [1.82, 2.24) is 0 Å². The lowest BCUT2D eigenvalue weighted by Crippen LogP contribution is -2.22. The van der Waals surface area contributed by atoms with Crippen LogP contribution in [-0.4, -0.2) is 22.5 Å². The predicted molar refractivity (Wildman–Crippen MR) is 116 cm³/mol. The Hall–Kier alpha value is -0.313. The molecule has 0 spiro atoms. The lowest BCUT2D eigenvalue weighted by molar-refractivity contribution is 0.199. The van der Waals surface area contributed by atoms with E-state index in [2.05, 4.69) is 24.3 Å². The molecule has 0 bridgehead atoms. The van der Waals surface area contributed by atoms with Crippen LogP contribution < -0.4 is 0 Å². The summed E-state index contributed by atoms with van der Waals surface area (Å²) in [6.45, 7) is 0.978. The normalized spacial score (nSPS) is 29.6. The molecule has 1 heterocycles. The van der Waals surface area contributed by atoms with Gasteiger partial charge in [0.2, 0.25) is 0 Å². The van der Waals surface area contributed by atoms with Gasteiger partial charge < -0.3 is 4.74 Å². The van der Waals surface area contributed by atoms with Crippen molar-refractivity contribution in [3.05, 3.63) is 34.9 Å². The van der Waals surface area contributed by atoms with Crippen LogP contribution in [0.25, 0.3) is 0 Å². The van der Waals surface area contributed by atoms with Gasteiger partial charge in [-0.2, -0.15) is 0 Å². The van der Waals surface area contributed by atoms with Crippen LogP contribution in [0.1, 0.15) is 69.3 Å². The van der Waals surface area contributed by atoms with Gasteiger partial charge in [-0.05, 0) is 67.6 Å². The second-order valence-electron chi connectivity index (χ2n) is 8.87. The molecule has 0 radical (unpaired) electrons. The summed E-state index contributed by atoms with van der Waals surface area (Å²) in [5, 5.41) is 0.860. The van der Waals surface area contributed by atoms with Gasteiger partial charge in [-0.15, -0.1) is 0 Å². The Kier molecular flexibility index (Phi) is 8.54. The molecule has 1 aliphatic heterocycles. The molecule has 2 aliphatic rings. The number of halogens is 1. The molecule has 0 amide bonds. The molecule has 0 N–H and O–H groups in total. The van der Waals surface area contributed by atoms with E-state index < -0.39 is 8.80 Å². The van der Waals surface area contributed by atoms with E-state index in [1.807, 2.05) is 7.11 Å². The second kappa shape index (κ2) is 10.9. The fourth-order valence-corrected chi connectivity index (χ4v) is 8.94. The zero-order valence-electron chi connectivity index (χ0n) is 16.6. The second-order valence-corrected chi connectivity index (χ2v) is 12.8. The monoisotopic (exact) mass is 392 g/mol. The Morgan fingerprint density at radius 1 is 0.923 bits per heavy atom. The van der Waals surface area contributed by atoms with E-state index in [4.69, 9.17) is 16.3 Å². The molecule has 1 saturated carbocycles. The minimum atomic E-state index is -0.392. The lowest BCUT2D eigenvalue weighted by atomic mass is 9.76. The summed E-state index contributed by atoms with van der Waals surface area (Å²) in [7, 11) is 1.44. The number of rotatable bonds is 8. The maximum atomic E-state index is 6.03. The van der Waals surface area contributed by atoms with Crippen molar-refractivity contribution >= 4 is 20.4 Å². The van der Waals surface area contributed by atoms with Crippen molar-refractivity contribution in [1.29, 1.82) is 0 Å². The summed E-state index contributed by atoms with van der Waals surface area (Å²) < 4.78 is 5.22. The zero-order valence-corrected chi connectivity index (χ0v) is 18.5. The highest BCUT2D eigenvalue weighted by Gasteiger charge is 2.25. The van der Waals surface area contributed by atoms with Gasteiger partial charge in [0.1, 0.15) is 0 Å². The molecule has 0 aromatic heterocycles. The molecule has 1 aromatic carbocycles. The van der Waals surface area contributed by atoms with Crippen LogP contribution in [0.2, 0.25) is 23.2 Å². The minimum Gasteiger partial charge on any atom is -0.385 e. The van der Waals surface area contributed by atoms with Crippen LogP contribution in [0.15, 0.2) is 24.3 Å². The van der Waals surface area contributed by atoms with E-state index in [-0.39, 0.29) is 0 Å². The first-order chi connectivity index (χ1) is 12.7. The minimum absolute atomic E-state index is 0.392. The third-order valence-electron chi connectivity index (χ3n) is 7.10. The van der Waals surface area contributed by atoms with Crippen LogP contribution in [0.5, 0.6) is 0 Å². The molecular weight excluding hydrogens is 356 g/mol. The van der Waals surface area contributed by atoms with Gasteiger partial charge in [0.25, 0.3) is 0 Å². The van der Waals surface area contributed by atoms with Gasteiger partial charge in [0, 0.05) is 27.5 Å². The Morgan fingerprint density at radius 3 is 2.15 bits per heavy atom. The number of hydrogen-bond donors (Lipinski definition) is 0. The highest BCUT2D eigenvalue weighted by atomic mass is 35.5. The van der Waals surface area contributed by atoms with Gasteiger partial charge in [0.05, 0.1) is 0 Å². The van der Waals surface area contributed by atoms with E-state index in [9.17, 15) is 0 Å². The quantitative estimate of drug-likeness (QED) is 0.339. The number of benzene rings is 1. The summed E-state index contributed by atoms with van der Waals surface area (Å²) in [5.74, 6) is 2.82. The van der Waals surface area contributed by atoms with Gasteiger partial charge in [-0.25, -0.2) is 0 Å². The Balaban J connectivity index is 1.30. The van der Waals surface area contributed by atoms with Gasteiger partial charge in [-0.3, -0.25) is 0 Å². The molecule has 2 fully saturated rings. The SMILES string of the molecule is COCCC[Si@H]1CC[C@H](CCC2CCC(c3ccc(Cl)cc3)CC2)CC1. The summed E-state index contributed by atoms with van der Waals surface area (Å²) in [6, 6.07) is 13.3. The summed E-state index contributed by atoms with van der Waals surface area (Å²) in [5.41, 5.74) is 1.50. The van der Waals surface area contributed by atoms with Crippen molar-refractivity contribution < 1.29 is 4.74 Å². The molecule has 146 valence electrons. The van der Waals surface area contributed by atoms with E-state index in [0.29, 0.717) is 0 Å². The summed E-state index contributed by atoms with van der Waals surface area (Å²) >= 11 is 6.03. The number of hydrogen-bond acceptors (Lipinski definition) is 1. The average Bonchev–Trinajstić information content (AvgIpc) is 2.69. The summed E-state index contributed by atoms with van der Waals surface area (Å²) in [6.07, 6.45) is 13.0. The maximum absolute atomic E-state index is 6.03. The fourth-order valence-electron chi connectivity index (χ4n) is 5.32. The van der Waals surface area contributed by atoms with Gasteiger partial charge in [0.15, 0.2) is 0 Å². The standard InChI is InChI=1S/C23H37ClOSi/c1-25-15-2-16-26-17-13-20(14-18-26)4-3-19-5-7-21(8-6-19)22-9-11-23(24)12-10-22/h9-12,19-21,26H,2-8,13-18H2,1H3/t19?,20-,21?,26-. The molecule has 1 saturated heterocycles. The van der Waals surface area contributed by atoms with E-state index in [0.717, 1.165) is 29.4 Å². The van der Waals surface area contributed by atoms with Crippen molar-refractivity contribution in [3.8, 4) is 0 Å². The third kappa shape index (κ3) is 6.39. The number of methoxy groups -OCH3 is 1.